The molecule has 1 aliphatic carbocycles. The van der Waals surface area contributed by atoms with E-state index >= 15 is 0 Å². The van der Waals surface area contributed by atoms with Gasteiger partial charge < -0.3 is 4.74 Å². The molecule has 0 aromatic carbocycles. The average molecular weight is 168 g/mol. The molecule has 0 fully saturated rings. The van der Waals surface area contributed by atoms with Crippen LogP contribution in [0.2, 0.25) is 0 Å². The molecule has 0 unspecified atom stereocenters. The molecule has 0 N–H and O–H groups in total. The molecule has 0 amide bonds. The molecule has 0 bridgehead atoms. The van der Waals surface area contributed by atoms with Gasteiger partial charge in [-0.2, -0.15) is 0 Å². The number of carbonyl (C=O) groups excluding carboxylic acids is 2. The van der Waals surface area contributed by atoms with Crippen LogP contribution in [0.4, 0.5) is 0 Å². The number of methoxy groups -OCH3 is 1. The predicted molar refractivity (Wildman–Crippen MR) is 43.6 cm³/mol. The fraction of sp³-hybridized carbons (Fsp3) is 0.556. The third-order valence-corrected chi connectivity index (χ3v) is 1.93. The third kappa shape index (κ3) is 2.19. The van der Waals surface area contributed by atoms with Crippen molar-refractivity contribution in [2.75, 3.05) is 7.11 Å². The van der Waals surface area contributed by atoms with Crippen LogP contribution in [0.3, 0.4) is 0 Å². The summed E-state index contributed by atoms with van der Waals surface area (Å²) in [5.41, 5.74) is 0.642. The van der Waals surface area contributed by atoms with E-state index in [1.54, 1.807) is 6.08 Å². The Hall–Kier alpha value is -1.12. The second-order valence-corrected chi connectivity index (χ2v) is 2.82. The third-order valence-electron chi connectivity index (χ3n) is 1.93. The zero-order valence-corrected chi connectivity index (χ0v) is 7.13. The SMILES string of the molecule is COC(=O)C1=CCC(=O)CCC1. The molecular weight excluding hydrogens is 156 g/mol. The summed E-state index contributed by atoms with van der Waals surface area (Å²) in [7, 11) is 1.36. The van der Waals surface area contributed by atoms with Gasteiger partial charge in [0.2, 0.25) is 0 Å². The molecule has 12 heavy (non-hydrogen) atoms. The fourth-order valence-electron chi connectivity index (χ4n) is 1.23. The Morgan fingerprint density at radius 1 is 1.50 bits per heavy atom. The Kier molecular flexibility index (Phi) is 3.02. The Balaban J connectivity index is 2.64. The molecule has 0 radical (unpaired) electrons. The average Bonchev–Trinajstić information content (AvgIpc) is 2.29. The summed E-state index contributed by atoms with van der Waals surface area (Å²) < 4.78 is 4.56. The Morgan fingerprint density at radius 2 is 2.25 bits per heavy atom. The molecule has 3 nitrogen and oxygen atoms in total. The zero-order chi connectivity index (χ0) is 8.97. The van der Waals surface area contributed by atoms with Crippen LogP contribution >= 0.6 is 0 Å². The van der Waals surface area contributed by atoms with Crippen molar-refractivity contribution < 1.29 is 14.3 Å². The number of esters is 1. The van der Waals surface area contributed by atoms with Gasteiger partial charge >= 0.3 is 5.97 Å². The van der Waals surface area contributed by atoms with Crippen LogP contribution in [-0.4, -0.2) is 18.9 Å². The van der Waals surface area contributed by atoms with Crippen molar-refractivity contribution in [3.05, 3.63) is 11.6 Å². The first-order valence-electron chi connectivity index (χ1n) is 4.03. The number of rotatable bonds is 1. The lowest BCUT2D eigenvalue weighted by atomic mass is 10.1. The van der Waals surface area contributed by atoms with E-state index in [4.69, 9.17) is 0 Å². The molecule has 0 saturated heterocycles. The summed E-state index contributed by atoms with van der Waals surface area (Å²) >= 11 is 0. The maximum atomic E-state index is 11.0. The van der Waals surface area contributed by atoms with Gasteiger partial charge in [0.25, 0.3) is 0 Å². The minimum Gasteiger partial charge on any atom is -0.466 e. The van der Waals surface area contributed by atoms with Crippen LogP contribution < -0.4 is 0 Å². The maximum Gasteiger partial charge on any atom is 0.333 e. The van der Waals surface area contributed by atoms with Crippen molar-refractivity contribution in [1.82, 2.24) is 0 Å². The summed E-state index contributed by atoms with van der Waals surface area (Å²) in [6.07, 6.45) is 4.07. The van der Waals surface area contributed by atoms with Crippen molar-refractivity contribution in [1.29, 1.82) is 0 Å². The van der Waals surface area contributed by atoms with E-state index < -0.39 is 0 Å². The van der Waals surface area contributed by atoms with Gasteiger partial charge in [0.1, 0.15) is 5.78 Å². The molecule has 1 aliphatic rings. The second kappa shape index (κ2) is 4.04. The molecule has 1 rings (SSSR count). The number of allylic oxidation sites excluding steroid dienone is 1. The van der Waals surface area contributed by atoms with Gasteiger partial charge in [-0.15, -0.1) is 0 Å². The highest BCUT2D eigenvalue weighted by Gasteiger charge is 2.14. The van der Waals surface area contributed by atoms with E-state index in [-0.39, 0.29) is 11.8 Å². The van der Waals surface area contributed by atoms with Crippen molar-refractivity contribution in [3.63, 3.8) is 0 Å². The van der Waals surface area contributed by atoms with Gasteiger partial charge in [-0.3, -0.25) is 4.79 Å². The number of hydrogen-bond donors (Lipinski definition) is 0. The molecule has 0 aromatic heterocycles. The predicted octanol–water partition coefficient (Wildman–Crippen LogP) is 1.23. The number of ketones is 1. The summed E-state index contributed by atoms with van der Waals surface area (Å²) in [6.45, 7) is 0. The first-order chi connectivity index (χ1) is 5.74. The van der Waals surface area contributed by atoms with Crippen LogP contribution in [0.15, 0.2) is 11.6 Å². The van der Waals surface area contributed by atoms with E-state index in [0.29, 0.717) is 24.8 Å². The van der Waals surface area contributed by atoms with Gasteiger partial charge in [-0.25, -0.2) is 4.79 Å². The summed E-state index contributed by atoms with van der Waals surface area (Å²) in [5.74, 6) is -0.0985. The first-order valence-corrected chi connectivity index (χ1v) is 4.03. The lowest BCUT2D eigenvalue weighted by Crippen LogP contribution is -2.03. The van der Waals surface area contributed by atoms with Gasteiger partial charge in [-0.05, 0) is 12.8 Å². The van der Waals surface area contributed by atoms with Gasteiger partial charge in [0.15, 0.2) is 0 Å². The van der Waals surface area contributed by atoms with E-state index in [0.717, 1.165) is 6.42 Å². The minimum atomic E-state index is -0.301. The summed E-state index contributed by atoms with van der Waals surface area (Å²) in [6, 6.07) is 0. The molecule has 66 valence electrons. The Morgan fingerprint density at radius 3 is 2.92 bits per heavy atom. The first kappa shape index (κ1) is 8.97. The smallest absolute Gasteiger partial charge is 0.333 e. The fourth-order valence-corrected chi connectivity index (χ4v) is 1.23. The number of ether oxygens (including phenoxy) is 1. The quantitative estimate of drug-likeness (QED) is 0.553. The van der Waals surface area contributed by atoms with Crippen LogP contribution in [0, 0.1) is 0 Å². The van der Waals surface area contributed by atoms with Crippen molar-refractivity contribution >= 4 is 11.8 Å². The van der Waals surface area contributed by atoms with Crippen LogP contribution in [0.25, 0.3) is 0 Å². The molecule has 0 saturated carbocycles. The molecule has 0 atom stereocenters. The highest BCUT2D eigenvalue weighted by Crippen LogP contribution is 2.15. The number of hydrogen-bond acceptors (Lipinski definition) is 3. The van der Waals surface area contributed by atoms with Crippen molar-refractivity contribution in [2.45, 2.75) is 25.7 Å². The molecule has 0 aromatic rings. The molecule has 0 spiro atoms. The van der Waals surface area contributed by atoms with Crippen molar-refractivity contribution in [2.24, 2.45) is 0 Å². The molecule has 3 heteroatoms. The lowest BCUT2D eigenvalue weighted by molar-refractivity contribution is -0.136. The van der Waals surface area contributed by atoms with Crippen LogP contribution in [-0.2, 0) is 14.3 Å². The van der Waals surface area contributed by atoms with E-state index in [1.165, 1.54) is 7.11 Å². The van der Waals surface area contributed by atoms with E-state index in [2.05, 4.69) is 4.74 Å². The summed E-state index contributed by atoms with van der Waals surface area (Å²) in [4.78, 5) is 22.0. The van der Waals surface area contributed by atoms with Gasteiger partial charge in [0.05, 0.1) is 7.11 Å². The standard InChI is InChI=1S/C9H12O3/c1-12-9(11)7-3-2-4-8(10)6-5-7/h5H,2-4,6H2,1H3. The highest BCUT2D eigenvalue weighted by molar-refractivity contribution is 5.90. The minimum absolute atomic E-state index is 0.203. The monoisotopic (exact) mass is 168 g/mol. The largest absolute Gasteiger partial charge is 0.466 e. The number of Topliss-reactive ketones (excluding diaryl/α,β-unsaturated/α-hetero) is 1. The van der Waals surface area contributed by atoms with Gasteiger partial charge in [-0.1, -0.05) is 6.08 Å². The molecule has 0 heterocycles. The Labute approximate surface area is 71.4 Å². The van der Waals surface area contributed by atoms with E-state index in [1.807, 2.05) is 0 Å². The van der Waals surface area contributed by atoms with Crippen LogP contribution in [0.5, 0.6) is 0 Å². The van der Waals surface area contributed by atoms with Crippen molar-refractivity contribution in [3.8, 4) is 0 Å². The number of carbonyl (C=O) groups is 2. The topological polar surface area (TPSA) is 43.4 Å². The maximum absolute atomic E-state index is 11.0. The van der Waals surface area contributed by atoms with Gasteiger partial charge in [0, 0.05) is 18.4 Å². The lowest BCUT2D eigenvalue weighted by Gasteiger charge is -2.00. The second-order valence-electron chi connectivity index (χ2n) is 2.82. The zero-order valence-electron chi connectivity index (χ0n) is 7.13. The van der Waals surface area contributed by atoms with Crippen LogP contribution in [0.1, 0.15) is 25.7 Å². The molecular formula is C9H12O3. The Bertz CT molecular complexity index is 228. The summed E-state index contributed by atoms with van der Waals surface area (Å²) in [5, 5.41) is 0. The normalized spacial score (nSPS) is 18.1. The molecule has 0 aliphatic heterocycles. The highest BCUT2D eigenvalue weighted by atomic mass is 16.5. The van der Waals surface area contributed by atoms with E-state index in [9.17, 15) is 9.59 Å².